The molecule has 0 saturated carbocycles. The van der Waals surface area contributed by atoms with Crippen LogP contribution in [-0.4, -0.2) is 8.07 Å². The molecule has 10 aromatic rings. The van der Waals surface area contributed by atoms with Crippen LogP contribution in [0.3, 0.4) is 0 Å². The third-order valence-corrected chi connectivity index (χ3v) is 19.2. The topological polar surface area (TPSA) is 0 Å². The second-order valence-electron chi connectivity index (χ2n) is 17.5. The minimum absolute atomic E-state index is 0.0730. The average molecular weight is 777 g/mol. The molecule has 10 aromatic carbocycles. The van der Waals surface area contributed by atoms with Gasteiger partial charge in [0.15, 0.2) is 8.07 Å². The van der Waals surface area contributed by atoms with Crippen LogP contribution in [0.4, 0.5) is 0 Å². The molecule has 1 spiro atoms. The van der Waals surface area contributed by atoms with Crippen LogP contribution in [0.25, 0.3) is 88.3 Å². The van der Waals surface area contributed by atoms with E-state index in [0.717, 1.165) is 0 Å². The summed E-state index contributed by atoms with van der Waals surface area (Å²) in [6.45, 7) is 4.76. The molecule has 0 amide bonds. The third-order valence-electron chi connectivity index (χ3n) is 14.3. The van der Waals surface area contributed by atoms with Crippen molar-refractivity contribution in [2.45, 2.75) is 19.3 Å². The van der Waals surface area contributed by atoms with E-state index in [9.17, 15) is 0 Å². The van der Waals surface area contributed by atoms with E-state index in [1.165, 1.54) is 120 Å². The van der Waals surface area contributed by atoms with Crippen LogP contribution in [0.5, 0.6) is 0 Å². The van der Waals surface area contributed by atoms with Crippen LogP contribution in [0.15, 0.2) is 206 Å². The second kappa shape index (κ2) is 12.2. The summed E-state index contributed by atoms with van der Waals surface area (Å²) in [5.41, 5.74) is 18.7. The fraction of sp³-hybridized carbons (Fsp3) is 0.0508. The molecule has 0 unspecified atom stereocenters. The van der Waals surface area contributed by atoms with E-state index in [1.807, 2.05) is 0 Å². The zero-order chi connectivity index (χ0) is 39.7. The van der Waals surface area contributed by atoms with Gasteiger partial charge in [-0.1, -0.05) is 220 Å². The van der Waals surface area contributed by atoms with Crippen molar-refractivity contribution in [1.29, 1.82) is 0 Å². The summed E-state index contributed by atoms with van der Waals surface area (Å²) in [5.74, 6) is 0. The maximum absolute atomic E-state index is 2.60. The molecular formula is C59H40Si. The van der Waals surface area contributed by atoms with Crippen molar-refractivity contribution in [3.05, 3.63) is 217 Å². The summed E-state index contributed by atoms with van der Waals surface area (Å²) in [6, 6.07) is 78.5. The highest BCUT2D eigenvalue weighted by Crippen LogP contribution is 2.52. The van der Waals surface area contributed by atoms with Gasteiger partial charge in [0.05, 0.1) is 0 Å². The Kier molecular flexibility index (Phi) is 6.91. The molecule has 1 heteroatoms. The molecule has 60 heavy (non-hydrogen) atoms. The van der Waals surface area contributed by atoms with Crippen molar-refractivity contribution in [1.82, 2.24) is 0 Å². The molecule has 0 fully saturated rings. The minimum Gasteiger partial charge on any atom is -0.0623 e. The normalized spacial score (nSPS) is 14.4. The van der Waals surface area contributed by atoms with Gasteiger partial charge in [0.25, 0.3) is 0 Å². The Morgan fingerprint density at radius 3 is 1.27 bits per heavy atom. The van der Waals surface area contributed by atoms with Crippen LogP contribution in [0.2, 0.25) is 0 Å². The first kappa shape index (κ1) is 33.9. The van der Waals surface area contributed by atoms with Gasteiger partial charge >= 0.3 is 0 Å². The molecular weight excluding hydrogens is 737 g/mol. The zero-order valence-corrected chi connectivity index (χ0v) is 34.6. The Balaban J connectivity index is 1.01. The molecule has 0 saturated heterocycles. The van der Waals surface area contributed by atoms with Crippen LogP contribution in [-0.2, 0) is 5.41 Å². The van der Waals surface area contributed by atoms with E-state index >= 15 is 0 Å². The first-order chi connectivity index (χ1) is 29.5. The first-order valence-corrected chi connectivity index (χ1v) is 23.3. The zero-order valence-electron chi connectivity index (χ0n) is 33.6. The Hall–Kier alpha value is -7.06. The standard InChI is InChI=1S/C59H40Si/c1-59(2)51-26-11-7-16-41(51)50-25-15-24-40(58(50)59)37-30-32-38(33-31-37)56-46-20-3-5-22-48(46)57(49-23-6-4-21-47(49)56)39-34-35-45-44-19-10-14-29-54(44)60(55(45)36-39)52-27-12-8-17-42(52)43-18-9-13-28-53(43)60/h3-36H,1-2H3. The summed E-state index contributed by atoms with van der Waals surface area (Å²) < 4.78 is 0. The number of rotatable bonds is 3. The Morgan fingerprint density at radius 2 is 0.700 bits per heavy atom. The van der Waals surface area contributed by atoms with Crippen molar-refractivity contribution < 1.29 is 0 Å². The number of hydrogen-bond donors (Lipinski definition) is 0. The molecule has 3 aliphatic rings. The quantitative estimate of drug-likeness (QED) is 0.124. The highest BCUT2D eigenvalue weighted by atomic mass is 28.3. The summed E-state index contributed by atoms with van der Waals surface area (Å²) in [7, 11) is -2.58. The minimum atomic E-state index is -2.58. The third kappa shape index (κ3) is 4.30. The van der Waals surface area contributed by atoms with Gasteiger partial charge in [-0.25, -0.2) is 0 Å². The van der Waals surface area contributed by atoms with Crippen LogP contribution in [0, 0.1) is 0 Å². The van der Waals surface area contributed by atoms with Gasteiger partial charge in [-0.05, 0) is 120 Å². The fourth-order valence-corrected chi connectivity index (χ4v) is 17.5. The Labute approximate surface area is 352 Å². The SMILES string of the molecule is CC1(C)c2ccccc2-c2cccc(-c3ccc(-c4c5ccccc5c(-c5ccc6c(c5)[Si]5(c7ccccc7-c7ccccc75)c5ccccc5-6)c5ccccc45)cc3)c21. The van der Waals surface area contributed by atoms with Crippen molar-refractivity contribution in [3.63, 3.8) is 0 Å². The molecule has 2 heterocycles. The van der Waals surface area contributed by atoms with Gasteiger partial charge in [0.1, 0.15) is 0 Å². The molecule has 0 N–H and O–H groups in total. The highest BCUT2D eigenvalue weighted by Gasteiger charge is 2.53. The van der Waals surface area contributed by atoms with E-state index in [4.69, 9.17) is 0 Å². The highest BCUT2D eigenvalue weighted by molar-refractivity contribution is 7.24. The van der Waals surface area contributed by atoms with E-state index in [1.54, 1.807) is 0 Å². The number of fused-ring (bicyclic) bond motifs is 15. The fourth-order valence-electron chi connectivity index (χ4n) is 11.9. The molecule has 280 valence electrons. The Bertz CT molecular complexity index is 3340. The summed E-state index contributed by atoms with van der Waals surface area (Å²) >= 11 is 0. The van der Waals surface area contributed by atoms with Crippen LogP contribution < -0.4 is 20.7 Å². The second-order valence-corrected chi connectivity index (χ2v) is 21.1. The predicted octanol–water partition coefficient (Wildman–Crippen LogP) is 12.6. The molecule has 0 bridgehead atoms. The molecule has 1 aliphatic carbocycles. The van der Waals surface area contributed by atoms with Crippen LogP contribution >= 0.6 is 0 Å². The number of hydrogen-bond acceptors (Lipinski definition) is 0. The van der Waals surface area contributed by atoms with E-state index < -0.39 is 8.07 Å². The van der Waals surface area contributed by atoms with Crippen molar-refractivity contribution in [2.24, 2.45) is 0 Å². The molecule has 0 atom stereocenters. The van der Waals surface area contributed by atoms with E-state index in [-0.39, 0.29) is 5.41 Å². The van der Waals surface area contributed by atoms with Gasteiger partial charge in [0.2, 0.25) is 0 Å². The Morgan fingerprint density at radius 1 is 0.300 bits per heavy atom. The smallest absolute Gasteiger partial charge is 0.0623 e. The van der Waals surface area contributed by atoms with Gasteiger partial charge in [-0.15, -0.1) is 0 Å². The van der Waals surface area contributed by atoms with Gasteiger partial charge in [-0.2, -0.15) is 0 Å². The summed E-state index contributed by atoms with van der Waals surface area (Å²) in [6.07, 6.45) is 0. The summed E-state index contributed by atoms with van der Waals surface area (Å²) in [5, 5.41) is 11.2. The van der Waals surface area contributed by atoms with Crippen molar-refractivity contribution in [3.8, 4) is 66.8 Å². The predicted molar refractivity (Wildman–Crippen MR) is 257 cm³/mol. The lowest BCUT2D eigenvalue weighted by molar-refractivity contribution is 0.662. The monoisotopic (exact) mass is 776 g/mol. The largest absolute Gasteiger partial charge is 0.182 e. The molecule has 13 rings (SSSR count). The maximum Gasteiger partial charge on any atom is 0.182 e. The molecule has 0 radical (unpaired) electrons. The first-order valence-electron chi connectivity index (χ1n) is 21.3. The number of benzene rings is 10. The summed E-state index contributed by atoms with van der Waals surface area (Å²) in [4.78, 5) is 0. The average Bonchev–Trinajstić information content (AvgIpc) is 3.87. The van der Waals surface area contributed by atoms with Crippen molar-refractivity contribution in [2.75, 3.05) is 0 Å². The lowest BCUT2D eigenvalue weighted by atomic mass is 9.78. The molecule has 0 nitrogen and oxygen atoms in total. The lowest BCUT2D eigenvalue weighted by Crippen LogP contribution is -2.70. The lowest BCUT2D eigenvalue weighted by Gasteiger charge is -2.28. The van der Waals surface area contributed by atoms with Gasteiger partial charge in [-0.3, -0.25) is 0 Å². The molecule has 0 aromatic heterocycles. The van der Waals surface area contributed by atoms with E-state index in [2.05, 4.69) is 220 Å². The van der Waals surface area contributed by atoms with E-state index in [0.29, 0.717) is 0 Å². The van der Waals surface area contributed by atoms with Gasteiger partial charge in [0, 0.05) is 5.41 Å². The van der Waals surface area contributed by atoms with Crippen LogP contribution in [0.1, 0.15) is 25.0 Å². The maximum atomic E-state index is 2.60. The molecule has 2 aliphatic heterocycles. The van der Waals surface area contributed by atoms with Crippen molar-refractivity contribution >= 4 is 50.4 Å². The van der Waals surface area contributed by atoms with Gasteiger partial charge < -0.3 is 0 Å².